The fourth-order valence-electron chi connectivity index (χ4n) is 4.23. The predicted molar refractivity (Wildman–Crippen MR) is 112 cm³/mol. The van der Waals surface area contributed by atoms with Crippen LogP contribution in [0.1, 0.15) is 36.0 Å². The molecule has 0 aromatic heterocycles. The molecule has 2 aromatic rings. The first-order chi connectivity index (χ1) is 14.6. The fraction of sp³-hybridized carbons (Fsp3) is 0.417. The highest BCUT2D eigenvalue weighted by molar-refractivity contribution is 5.98. The van der Waals surface area contributed by atoms with Crippen LogP contribution in [0.3, 0.4) is 0 Å². The van der Waals surface area contributed by atoms with E-state index in [0.29, 0.717) is 43.8 Å². The van der Waals surface area contributed by atoms with Gasteiger partial charge in [-0.15, -0.1) is 0 Å². The smallest absolute Gasteiger partial charge is 0.223 e. The molecular formula is C24H27FN2O3. The lowest BCUT2D eigenvalue weighted by Crippen LogP contribution is -2.43. The average Bonchev–Trinajstić information content (AvgIpc) is 3.31. The van der Waals surface area contributed by atoms with E-state index in [9.17, 15) is 14.0 Å². The molecule has 2 saturated heterocycles. The van der Waals surface area contributed by atoms with Crippen molar-refractivity contribution in [1.82, 2.24) is 9.96 Å². The van der Waals surface area contributed by atoms with Gasteiger partial charge in [0.05, 0.1) is 6.61 Å². The van der Waals surface area contributed by atoms with Gasteiger partial charge in [-0.2, -0.15) is 5.06 Å². The second kappa shape index (κ2) is 9.49. The molecule has 2 fully saturated rings. The summed E-state index contributed by atoms with van der Waals surface area (Å²) in [6.07, 6.45) is 2.89. The molecule has 0 radical (unpaired) electrons. The van der Waals surface area contributed by atoms with Crippen LogP contribution in [-0.2, 0) is 9.63 Å². The van der Waals surface area contributed by atoms with Gasteiger partial charge in [0.2, 0.25) is 5.91 Å². The van der Waals surface area contributed by atoms with Gasteiger partial charge in [-0.25, -0.2) is 4.39 Å². The lowest BCUT2D eigenvalue weighted by atomic mass is 9.89. The lowest BCUT2D eigenvalue weighted by molar-refractivity contribution is -0.139. The van der Waals surface area contributed by atoms with Gasteiger partial charge in [-0.05, 0) is 30.9 Å². The van der Waals surface area contributed by atoms with Crippen molar-refractivity contribution in [3.63, 3.8) is 0 Å². The fourth-order valence-corrected chi connectivity index (χ4v) is 4.23. The number of hydrogen-bond acceptors (Lipinski definition) is 4. The van der Waals surface area contributed by atoms with Gasteiger partial charge in [-0.3, -0.25) is 14.4 Å². The molecule has 2 aromatic carbocycles. The first kappa shape index (κ1) is 20.7. The van der Waals surface area contributed by atoms with E-state index in [0.717, 1.165) is 31.4 Å². The zero-order valence-corrected chi connectivity index (χ0v) is 17.1. The number of piperidine rings is 1. The number of ketones is 1. The van der Waals surface area contributed by atoms with Crippen molar-refractivity contribution < 1.29 is 18.8 Å². The van der Waals surface area contributed by atoms with E-state index in [1.807, 2.05) is 35.4 Å². The molecule has 0 N–H and O–H groups in total. The first-order valence-corrected chi connectivity index (χ1v) is 10.7. The Balaban J connectivity index is 1.39. The van der Waals surface area contributed by atoms with Gasteiger partial charge < -0.3 is 4.90 Å². The number of halogens is 1. The third kappa shape index (κ3) is 4.77. The van der Waals surface area contributed by atoms with E-state index in [-0.39, 0.29) is 17.6 Å². The molecule has 158 valence electrons. The summed E-state index contributed by atoms with van der Waals surface area (Å²) >= 11 is 0. The van der Waals surface area contributed by atoms with Crippen molar-refractivity contribution in [2.75, 3.05) is 32.8 Å². The summed E-state index contributed by atoms with van der Waals surface area (Å²) in [5.74, 6) is -0.725. The summed E-state index contributed by atoms with van der Waals surface area (Å²) in [5, 5.41) is 1.83. The summed E-state index contributed by atoms with van der Waals surface area (Å²) in [5.41, 5.74) is 1.64. The zero-order valence-electron chi connectivity index (χ0n) is 17.1. The molecule has 0 unspecified atom stereocenters. The van der Waals surface area contributed by atoms with Gasteiger partial charge in [0.25, 0.3) is 0 Å². The Labute approximate surface area is 176 Å². The summed E-state index contributed by atoms with van der Waals surface area (Å²) < 4.78 is 14.7. The minimum Gasteiger partial charge on any atom is -0.342 e. The molecule has 2 heterocycles. The second-order valence-corrected chi connectivity index (χ2v) is 7.97. The number of Topliss-reactive ketones (excluding diaryl/α,β-unsaturated/α-hetero) is 1. The van der Waals surface area contributed by atoms with Crippen molar-refractivity contribution in [2.45, 2.75) is 25.7 Å². The predicted octanol–water partition coefficient (Wildman–Crippen LogP) is 3.94. The van der Waals surface area contributed by atoms with Crippen LogP contribution in [0.15, 0.2) is 48.5 Å². The monoisotopic (exact) mass is 410 g/mol. The van der Waals surface area contributed by atoms with E-state index >= 15 is 0 Å². The van der Waals surface area contributed by atoms with Crippen molar-refractivity contribution in [3.8, 4) is 11.1 Å². The van der Waals surface area contributed by atoms with Crippen LogP contribution in [0.4, 0.5) is 4.39 Å². The molecule has 2 aliphatic heterocycles. The third-order valence-electron chi connectivity index (χ3n) is 5.88. The maximum absolute atomic E-state index is 14.7. The largest absolute Gasteiger partial charge is 0.342 e. The molecular weight excluding hydrogens is 383 g/mol. The third-order valence-corrected chi connectivity index (χ3v) is 5.88. The van der Waals surface area contributed by atoms with Gasteiger partial charge in [0, 0.05) is 49.6 Å². The summed E-state index contributed by atoms with van der Waals surface area (Å²) in [6.45, 7) is 3.23. The van der Waals surface area contributed by atoms with E-state index in [1.54, 1.807) is 17.0 Å². The number of amides is 1. The molecule has 6 heteroatoms. The number of carbonyl (C=O) groups excluding carboxylic acids is 2. The summed E-state index contributed by atoms with van der Waals surface area (Å²) in [4.78, 5) is 32.8. The highest BCUT2D eigenvalue weighted by Gasteiger charge is 2.29. The number of rotatable bonds is 6. The Morgan fingerprint density at radius 2 is 1.90 bits per heavy atom. The van der Waals surface area contributed by atoms with E-state index < -0.39 is 5.82 Å². The molecule has 4 rings (SSSR count). The van der Waals surface area contributed by atoms with Crippen LogP contribution in [0.5, 0.6) is 0 Å². The Morgan fingerprint density at radius 1 is 1.07 bits per heavy atom. The Kier molecular flexibility index (Phi) is 6.55. The van der Waals surface area contributed by atoms with Crippen molar-refractivity contribution in [2.24, 2.45) is 5.92 Å². The van der Waals surface area contributed by atoms with Crippen molar-refractivity contribution in [1.29, 1.82) is 0 Å². The molecule has 1 atom stereocenters. The van der Waals surface area contributed by atoms with Crippen LogP contribution in [0.2, 0.25) is 0 Å². The van der Waals surface area contributed by atoms with E-state index in [1.165, 1.54) is 6.07 Å². The number of nitrogens with zero attached hydrogens (tertiary/aromatic N) is 2. The minimum atomic E-state index is -0.401. The number of hydroxylamine groups is 2. The molecule has 30 heavy (non-hydrogen) atoms. The molecule has 0 bridgehead atoms. The molecule has 5 nitrogen and oxygen atoms in total. The molecule has 0 spiro atoms. The molecule has 0 saturated carbocycles. The highest BCUT2D eigenvalue weighted by Crippen LogP contribution is 2.26. The first-order valence-electron chi connectivity index (χ1n) is 10.7. The number of likely N-dealkylation sites (tertiary alicyclic amines) is 1. The lowest BCUT2D eigenvalue weighted by Gasteiger charge is -2.32. The van der Waals surface area contributed by atoms with Crippen LogP contribution >= 0.6 is 0 Å². The Hall–Kier alpha value is -2.57. The summed E-state index contributed by atoms with van der Waals surface area (Å²) in [7, 11) is 0. The standard InChI is InChI=1S/C24H27FN2O3/c25-22-16-19(9-10-21(22)18-6-2-1-3-7-18)24(29)20-8-4-12-26(17-20)23(28)11-14-27-13-5-15-30-27/h1-3,6-7,9-10,16,20H,4-5,8,11-15,17H2/t20-/m0/s1. The quantitative estimate of drug-likeness (QED) is 0.677. The highest BCUT2D eigenvalue weighted by atomic mass is 19.1. The van der Waals surface area contributed by atoms with E-state index in [2.05, 4.69) is 0 Å². The average molecular weight is 410 g/mol. The molecule has 1 amide bonds. The summed E-state index contributed by atoms with van der Waals surface area (Å²) in [6, 6.07) is 14.0. The second-order valence-electron chi connectivity index (χ2n) is 7.97. The normalized spacial score (nSPS) is 19.8. The molecule has 2 aliphatic rings. The number of benzene rings is 2. The maximum atomic E-state index is 14.7. The number of carbonyl (C=O) groups is 2. The SMILES string of the molecule is O=C(c1ccc(-c2ccccc2)c(F)c1)[C@H]1CCCN(C(=O)CCN2CCCO2)C1. The van der Waals surface area contributed by atoms with Crippen LogP contribution in [-0.4, -0.2) is 54.4 Å². The van der Waals surface area contributed by atoms with Gasteiger partial charge in [0.1, 0.15) is 5.82 Å². The van der Waals surface area contributed by atoms with E-state index in [4.69, 9.17) is 4.84 Å². The number of hydrogen-bond donors (Lipinski definition) is 0. The van der Waals surface area contributed by atoms with Gasteiger partial charge in [-0.1, -0.05) is 42.5 Å². The Bertz CT molecular complexity index is 897. The van der Waals surface area contributed by atoms with Gasteiger partial charge >= 0.3 is 0 Å². The minimum absolute atomic E-state index is 0.0496. The van der Waals surface area contributed by atoms with Gasteiger partial charge in [0.15, 0.2) is 5.78 Å². The van der Waals surface area contributed by atoms with Crippen LogP contribution < -0.4 is 0 Å². The van der Waals surface area contributed by atoms with Crippen molar-refractivity contribution in [3.05, 3.63) is 59.9 Å². The topological polar surface area (TPSA) is 49.9 Å². The zero-order chi connectivity index (χ0) is 20.9. The van der Waals surface area contributed by atoms with Crippen LogP contribution in [0.25, 0.3) is 11.1 Å². The molecule has 0 aliphatic carbocycles. The van der Waals surface area contributed by atoms with Crippen LogP contribution in [0, 0.1) is 11.7 Å². The Morgan fingerprint density at radius 3 is 2.63 bits per heavy atom. The van der Waals surface area contributed by atoms with Crippen molar-refractivity contribution >= 4 is 11.7 Å². The maximum Gasteiger partial charge on any atom is 0.223 e.